The van der Waals surface area contributed by atoms with Crippen LogP contribution in [0.25, 0.3) is 0 Å². The normalized spacial score (nSPS) is 19.9. The number of aliphatic hydroxyl groups excluding tert-OH is 5. The largest absolute Gasteiger partial charge is 0.394 e. The molecule has 0 saturated heterocycles. The van der Waals surface area contributed by atoms with Crippen molar-refractivity contribution < 1.29 is 35.4 Å². The van der Waals surface area contributed by atoms with Crippen LogP contribution >= 0.6 is 0 Å². The van der Waals surface area contributed by atoms with E-state index >= 15 is 0 Å². The van der Waals surface area contributed by atoms with Crippen molar-refractivity contribution in [3.8, 4) is 0 Å². The second-order valence-corrected chi connectivity index (χ2v) is 2.86. The maximum atomic E-state index is 10.9. The van der Waals surface area contributed by atoms with Crippen LogP contribution in [0.1, 0.15) is 0 Å². The minimum atomic E-state index is -2.66. The van der Waals surface area contributed by atoms with Crippen molar-refractivity contribution in [1.29, 1.82) is 0 Å². The molecule has 0 aliphatic carbocycles. The van der Waals surface area contributed by atoms with Gasteiger partial charge in [-0.05, 0) is 0 Å². The molecule has 0 radical (unpaired) electrons. The highest BCUT2D eigenvalue weighted by atomic mass is 16.4. The van der Waals surface area contributed by atoms with E-state index in [1.54, 1.807) is 0 Å². The van der Waals surface area contributed by atoms with Gasteiger partial charge in [0, 0.05) is 0 Å². The number of hydrogen-bond acceptors (Lipinski definition) is 7. The molecule has 84 valence electrons. The van der Waals surface area contributed by atoms with Gasteiger partial charge in [-0.2, -0.15) is 0 Å². The molecule has 0 rings (SSSR count). The molecule has 0 aromatic heterocycles. The van der Waals surface area contributed by atoms with Crippen LogP contribution in [0.3, 0.4) is 0 Å². The van der Waals surface area contributed by atoms with Crippen LogP contribution < -0.4 is 0 Å². The predicted octanol–water partition coefficient (Wildman–Crippen LogP) is -4.01. The maximum absolute atomic E-state index is 10.9. The molecule has 0 amide bonds. The summed E-state index contributed by atoms with van der Waals surface area (Å²) in [7, 11) is 0. The average molecular weight is 210 g/mol. The van der Waals surface area contributed by atoms with Crippen molar-refractivity contribution in [2.24, 2.45) is 0 Å². The molecule has 0 aromatic carbocycles. The van der Waals surface area contributed by atoms with Gasteiger partial charge >= 0.3 is 0 Å². The summed E-state index contributed by atoms with van der Waals surface area (Å²) in [5.74, 6) is -1.24. The quantitative estimate of drug-likeness (QED) is 0.262. The summed E-state index contributed by atoms with van der Waals surface area (Å²) < 4.78 is 0. The molecule has 14 heavy (non-hydrogen) atoms. The zero-order chi connectivity index (χ0) is 11.4. The highest BCUT2D eigenvalue weighted by molar-refractivity contribution is 5.88. The van der Waals surface area contributed by atoms with Crippen LogP contribution in [0, 0.1) is 0 Å². The molecule has 0 aromatic rings. The zero-order valence-corrected chi connectivity index (χ0v) is 7.37. The van der Waals surface area contributed by atoms with Crippen molar-refractivity contribution >= 4 is 5.78 Å². The Bertz CT molecular complexity index is 194. The standard InChI is InChI=1S/C7H14O7/c8-1-4(11)6(13)7(14,3-10)5(12)2-9/h4,6,8-11,13-14H,1-3H2. The molecule has 0 fully saturated rings. The smallest absolute Gasteiger partial charge is 0.194 e. The molecule has 3 unspecified atom stereocenters. The van der Waals surface area contributed by atoms with Crippen LogP contribution in [0.2, 0.25) is 0 Å². The lowest BCUT2D eigenvalue weighted by Gasteiger charge is -2.31. The van der Waals surface area contributed by atoms with Gasteiger partial charge in [0.2, 0.25) is 0 Å². The van der Waals surface area contributed by atoms with Crippen LogP contribution in [0.15, 0.2) is 0 Å². The van der Waals surface area contributed by atoms with E-state index in [9.17, 15) is 15.0 Å². The molecule has 0 aliphatic rings. The molecule has 7 nitrogen and oxygen atoms in total. The summed E-state index contributed by atoms with van der Waals surface area (Å²) in [5.41, 5.74) is -2.66. The lowest BCUT2D eigenvalue weighted by atomic mass is 9.89. The van der Waals surface area contributed by atoms with Crippen LogP contribution in [0.4, 0.5) is 0 Å². The van der Waals surface area contributed by atoms with Gasteiger partial charge in [0.1, 0.15) is 18.8 Å². The van der Waals surface area contributed by atoms with E-state index in [-0.39, 0.29) is 0 Å². The summed E-state index contributed by atoms with van der Waals surface area (Å²) >= 11 is 0. The molecular weight excluding hydrogens is 196 g/mol. The zero-order valence-electron chi connectivity index (χ0n) is 7.37. The first-order valence-corrected chi connectivity index (χ1v) is 3.88. The molecule has 0 bridgehead atoms. The number of aliphatic hydroxyl groups is 6. The fourth-order valence-corrected chi connectivity index (χ4v) is 0.902. The Morgan fingerprint density at radius 2 is 1.71 bits per heavy atom. The Balaban J connectivity index is 4.75. The SMILES string of the molecule is O=C(CO)C(O)(CO)C(O)C(O)CO. The molecule has 3 atom stereocenters. The van der Waals surface area contributed by atoms with Crippen LogP contribution in [0.5, 0.6) is 0 Å². The Morgan fingerprint density at radius 3 is 2.00 bits per heavy atom. The lowest BCUT2D eigenvalue weighted by molar-refractivity contribution is -0.176. The van der Waals surface area contributed by atoms with Crippen molar-refractivity contribution in [2.45, 2.75) is 17.8 Å². The predicted molar refractivity (Wildman–Crippen MR) is 43.2 cm³/mol. The van der Waals surface area contributed by atoms with Crippen LogP contribution in [-0.4, -0.2) is 74.1 Å². The highest BCUT2D eigenvalue weighted by Gasteiger charge is 2.45. The van der Waals surface area contributed by atoms with Gasteiger partial charge in [-0.3, -0.25) is 4.79 Å². The van der Waals surface area contributed by atoms with E-state index in [0.717, 1.165) is 0 Å². The van der Waals surface area contributed by atoms with Crippen molar-refractivity contribution in [3.05, 3.63) is 0 Å². The first-order valence-electron chi connectivity index (χ1n) is 3.88. The third-order valence-electron chi connectivity index (χ3n) is 1.91. The van der Waals surface area contributed by atoms with E-state index < -0.39 is 43.4 Å². The third-order valence-corrected chi connectivity index (χ3v) is 1.91. The van der Waals surface area contributed by atoms with E-state index in [0.29, 0.717) is 0 Å². The van der Waals surface area contributed by atoms with Gasteiger partial charge in [0.05, 0.1) is 13.2 Å². The summed E-state index contributed by atoms with van der Waals surface area (Å²) in [4.78, 5) is 10.9. The molecule has 0 aliphatic heterocycles. The Kier molecular flexibility index (Phi) is 5.13. The van der Waals surface area contributed by atoms with Crippen molar-refractivity contribution in [2.75, 3.05) is 19.8 Å². The number of ketones is 1. The Hall–Kier alpha value is -0.570. The van der Waals surface area contributed by atoms with Gasteiger partial charge in [0.15, 0.2) is 11.4 Å². The van der Waals surface area contributed by atoms with Gasteiger partial charge in [-0.15, -0.1) is 0 Å². The fourth-order valence-electron chi connectivity index (χ4n) is 0.902. The van der Waals surface area contributed by atoms with E-state index in [1.165, 1.54) is 0 Å². The number of Topliss-reactive ketones (excluding diaryl/α,β-unsaturated/α-hetero) is 1. The summed E-state index contributed by atoms with van der Waals surface area (Å²) in [6, 6.07) is 0. The number of carbonyl (C=O) groups is 1. The van der Waals surface area contributed by atoms with Gasteiger partial charge in [0.25, 0.3) is 0 Å². The lowest BCUT2D eigenvalue weighted by Crippen LogP contribution is -2.58. The Morgan fingerprint density at radius 1 is 1.21 bits per heavy atom. The molecule has 0 saturated carbocycles. The van der Waals surface area contributed by atoms with Crippen molar-refractivity contribution in [1.82, 2.24) is 0 Å². The number of rotatable bonds is 6. The minimum Gasteiger partial charge on any atom is -0.394 e. The topological polar surface area (TPSA) is 138 Å². The van der Waals surface area contributed by atoms with Crippen molar-refractivity contribution in [3.63, 3.8) is 0 Å². The van der Waals surface area contributed by atoms with Gasteiger partial charge in [-0.1, -0.05) is 0 Å². The third kappa shape index (κ3) is 2.47. The second kappa shape index (κ2) is 5.35. The van der Waals surface area contributed by atoms with E-state index in [2.05, 4.69) is 0 Å². The summed E-state index contributed by atoms with van der Waals surface area (Å²) in [6.07, 6.45) is -3.83. The molecule has 7 heteroatoms. The van der Waals surface area contributed by atoms with Gasteiger partial charge in [-0.25, -0.2) is 0 Å². The maximum Gasteiger partial charge on any atom is 0.194 e. The molecule has 0 spiro atoms. The molecular formula is C7H14O7. The highest BCUT2D eigenvalue weighted by Crippen LogP contribution is 2.14. The first-order chi connectivity index (χ1) is 6.43. The number of hydrogen-bond donors (Lipinski definition) is 6. The van der Waals surface area contributed by atoms with Crippen LogP contribution in [-0.2, 0) is 4.79 Å². The fraction of sp³-hybridized carbons (Fsp3) is 0.857. The van der Waals surface area contributed by atoms with E-state index in [4.69, 9.17) is 20.4 Å². The first kappa shape index (κ1) is 13.4. The Labute approximate surface area is 79.9 Å². The summed E-state index contributed by atoms with van der Waals surface area (Å²) in [6.45, 7) is -3.14. The van der Waals surface area contributed by atoms with Gasteiger partial charge < -0.3 is 30.6 Å². The molecule has 6 N–H and O–H groups in total. The second-order valence-electron chi connectivity index (χ2n) is 2.86. The minimum absolute atomic E-state index is 0.887. The van der Waals surface area contributed by atoms with E-state index in [1.807, 2.05) is 0 Å². The monoisotopic (exact) mass is 210 g/mol. The molecule has 0 heterocycles. The number of carbonyl (C=O) groups excluding carboxylic acids is 1. The average Bonchev–Trinajstić information content (AvgIpc) is 2.24. The summed E-state index contributed by atoms with van der Waals surface area (Å²) in [5, 5.41) is 53.0.